The van der Waals surface area contributed by atoms with Crippen molar-refractivity contribution in [3.05, 3.63) is 0 Å². The van der Waals surface area contributed by atoms with E-state index >= 15 is 0 Å². The molecule has 4 aliphatic rings. The molecule has 12 heavy (non-hydrogen) atoms. The van der Waals surface area contributed by atoms with Crippen LogP contribution in [0, 0.1) is 29.1 Å². The van der Waals surface area contributed by atoms with Crippen molar-refractivity contribution in [2.75, 3.05) is 0 Å². The Labute approximate surface area is 74.7 Å². The van der Waals surface area contributed by atoms with Gasteiger partial charge in [-0.3, -0.25) is 0 Å². The normalized spacial score (nSPS) is 66.0. The highest BCUT2D eigenvalue weighted by Gasteiger charge is 2.69. The summed E-state index contributed by atoms with van der Waals surface area (Å²) >= 11 is 0. The number of fused-ring (bicyclic) bond motifs is 1. The molecule has 0 nitrogen and oxygen atoms in total. The van der Waals surface area contributed by atoms with Crippen LogP contribution >= 0.6 is 0 Å². The molecule has 0 amide bonds. The van der Waals surface area contributed by atoms with Crippen molar-refractivity contribution in [2.24, 2.45) is 29.1 Å². The molecular weight excluding hydrogens is 144 g/mol. The van der Waals surface area contributed by atoms with Gasteiger partial charge in [0.2, 0.25) is 0 Å². The van der Waals surface area contributed by atoms with E-state index in [4.69, 9.17) is 0 Å². The van der Waals surface area contributed by atoms with Crippen LogP contribution in [0.4, 0.5) is 0 Å². The van der Waals surface area contributed by atoms with E-state index in [1.165, 1.54) is 23.7 Å². The van der Waals surface area contributed by atoms with Crippen molar-refractivity contribution in [1.29, 1.82) is 0 Å². The maximum Gasteiger partial charge on any atom is -0.0207 e. The van der Waals surface area contributed by atoms with Gasteiger partial charge in [-0.15, -0.1) is 0 Å². The summed E-state index contributed by atoms with van der Waals surface area (Å²) in [7, 11) is 0. The Morgan fingerprint density at radius 3 is 2.25 bits per heavy atom. The zero-order valence-corrected chi connectivity index (χ0v) is 7.76. The van der Waals surface area contributed by atoms with Gasteiger partial charge in [-0.25, -0.2) is 0 Å². The lowest BCUT2D eigenvalue weighted by Crippen LogP contribution is -2.41. The summed E-state index contributed by atoms with van der Waals surface area (Å²) in [6.45, 7) is 0. The maximum absolute atomic E-state index is 1.65. The van der Waals surface area contributed by atoms with Crippen molar-refractivity contribution in [2.45, 2.75) is 44.9 Å². The van der Waals surface area contributed by atoms with E-state index in [0.717, 1.165) is 5.41 Å². The minimum Gasteiger partial charge on any atom is -0.0499 e. The zero-order valence-electron chi connectivity index (χ0n) is 7.76. The molecule has 4 saturated carbocycles. The summed E-state index contributed by atoms with van der Waals surface area (Å²) in [5, 5.41) is 0. The molecule has 0 N–H and O–H groups in total. The van der Waals surface area contributed by atoms with Gasteiger partial charge < -0.3 is 0 Å². The molecule has 0 saturated heterocycles. The molecular formula is C12H18. The highest BCUT2D eigenvalue weighted by atomic mass is 14.7. The summed E-state index contributed by atoms with van der Waals surface area (Å²) in [5.74, 6) is 4.84. The van der Waals surface area contributed by atoms with Crippen molar-refractivity contribution in [1.82, 2.24) is 0 Å². The Bertz CT molecular complexity index is 232. The van der Waals surface area contributed by atoms with E-state index in [9.17, 15) is 0 Å². The predicted octanol–water partition coefficient (Wildman–Crippen LogP) is 3.22. The zero-order chi connectivity index (χ0) is 7.76. The lowest BCUT2D eigenvalue weighted by atomic mass is 9.55. The first kappa shape index (κ1) is 6.45. The first-order valence-electron chi connectivity index (χ1n) is 5.91. The highest BCUT2D eigenvalue weighted by molar-refractivity contribution is 5.18. The van der Waals surface area contributed by atoms with Crippen molar-refractivity contribution >= 4 is 0 Å². The van der Waals surface area contributed by atoms with E-state index in [2.05, 4.69) is 0 Å². The standard InChI is InChI=1S/C12H18/c1-3-9-4-5-10-7-12(9,10)11-6-2-8(1)11/h8-11H,1-7H2. The van der Waals surface area contributed by atoms with Gasteiger partial charge >= 0.3 is 0 Å². The molecule has 0 radical (unpaired) electrons. The molecule has 0 heterocycles. The average molecular weight is 162 g/mol. The third-order valence-corrected chi connectivity index (χ3v) is 5.82. The van der Waals surface area contributed by atoms with Crippen LogP contribution in [-0.2, 0) is 0 Å². The molecule has 0 aromatic heterocycles. The Hall–Kier alpha value is 0. The molecule has 4 rings (SSSR count). The van der Waals surface area contributed by atoms with Gasteiger partial charge in [-0.1, -0.05) is 0 Å². The Morgan fingerprint density at radius 1 is 0.750 bits per heavy atom. The van der Waals surface area contributed by atoms with Gasteiger partial charge in [-0.2, -0.15) is 0 Å². The smallest absolute Gasteiger partial charge is 0.0207 e. The SMILES string of the molecule is C1CC2CCC3CC23C2CCC12. The van der Waals surface area contributed by atoms with E-state index in [0.29, 0.717) is 0 Å². The van der Waals surface area contributed by atoms with Gasteiger partial charge in [0.25, 0.3) is 0 Å². The molecule has 66 valence electrons. The Balaban J connectivity index is 1.74. The second-order valence-corrected chi connectivity index (χ2v) is 5.81. The topological polar surface area (TPSA) is 0 Å². The van der Waals surface area contributed by atoms with Gasteiger partial charge in [0, 0.05) is 0 Å². The molecule has 4 aliphatic carbocycles. The highest BCUT2D eigenvalue weighted by Crippen LogP contribution is 2.77. The quantitative estimate of drug-likeness (QED) is 0.513. The van der Waals surface area contributed by atoms with Crippen LogP contribution < -0.4 is 0 Å². The third kappa shape index (κ3) is 0.506. The minimum absolute atomic E-state index is 0.973. The minimum atomic E-state index is 0.973. The van der Waals surface area contributed by atoms with Crippen LogP contribution in [0.15, 0.2) is 0 Å². The summed E-state index contributed by atoms with van der Waals surface area (Å²) in [4.78, 5) is 0. The summed E-state index contributed by atoms with van der Waals surface area (Å²) in [6, 6.07) is 0. The molecule has 5 atom stereocenters. The van der Waals surface area contributed by atoms with E-state index in [1.54, 1.807) is 44.9 Å². The summed E-state index contributed by atoms with van der Waals surface area (Å²) in [5.41, 5.74) is 0.973. The number of hydrogen-bond donors (Lipinski definition) is 0. The third-order valence-electron chi connectivity index (χ3n) is 5.82. The molecule has 0 bridgehead atoms. The molecule has 0 heteroatoms. The largest absolute Gasteiger partial charge is 0.0499 e. The fraction of sp³-hybridized carbons (Fsp3) is 1.00. The fourth-order valence-corrected chi connectivity index (χ4v) is 5.12. The van der Waals surface area contributed by atoms with Crippen LogP contribution in [0.1, 0.15) is 44.9 Å². The number of rotatable bonds is 0. The Morgan fingerprint density at radius 2 is 1.50 bits per heavy atom. The van der Waals surface area contributed by atoms with Gasteiger partial charge in [0.15, 0.2) is 0 Å². The fourth-order valence-electron chi connectivity index (χ4n) is 5.12. The van der Waals surface area contributed by atoms with E-state index < -0.39 is 0 Å². The Kier molecular flexibility index (Phi) is 0.946. The second-order valence-electron chi connectivity index (χ2n) is 5.81. The van der Waals surface area contributed by atoms with E-state index in [-0.39, 0.29) is 0 Å². The average Bonchev–Trinajstić information content (AvgIpc) is 2.60. The monoisotopic (exact) mass is 162 g/mol. The van der Waals surface area contributed by atoms with Crippen LogP contribution in [0.25, 0.3) is 0 Å². The lowest BCUT2D eigenvalue weighted by molar-refractivity contribution is -0.00212. The van der Waals surface area contributed by atoms with Gasteiger partial charge in [0.05, 0.1) is 0 Å². The van der Waals surface area contributed by atoms with Crippen LogP contribution in [0.2, 0.25) is 0 Å². The summed E-state index contributed by atoms with van der Waals surface area (Å²) < 4.78 is 0. The molecule has 0 aliphatic heterocycles. The first-order valence-corrected chi connectivity index (χ1v) is 5.91. The van der Waals surface area contributed by atoms with Crippen LogP contribution in [0.3, 0.4) is 0 Å². The molecule has 5 unspecified atom stereocenters. The van der Waals surface area contributed by atoms with Crippen molar-refractivity contribution < 1.29 is 0 Å². The number of hydrogen-bond acceptors (Lipinski definition) is 0. The molecule has 0 aromatic rings. The van der Waals surface area contributed by atoms with Gasteiger partial charge in [-0.05, 0) is 74.0 Å². The predicted molar refractivity (Wildman–Crippen MR) is 48.7 cm³/mol. The van der Waals surface area contributed by atoms with Gasteiger partial charge in [0.1, 0.15) is 0 Å². The molecule has 4 fully saturated rings. The second kappa shape index (κ2) is 1.76. The van der Waals surface area contributed by atoms with Crippen molar-refractivity contribution in [3.63, 3.8) is 0 Å². The van der Waals surface area contributed by atoms with Crippen LogP contribution in [0.5, 0.6) is 0 Å². The summed E-state index contributed by atoms with van der Waals surface area (Å²) in [6.07, 6.45) is 11.3. The molecule has 1 spiro atoms. The van der Waals surface area contributed by atoms with Crippen LogP contribution in [-0.4, -0.2) is 0 Å². The lowest BCUT2D eigenvalue weighted by Gasteiger charge is -2.50. The van der Waals surface area contributed by atoms with E-state index in [1.807, 2.05) is 0 Å². The first-order chi connectivity index (χ1) is 5.91. The maximum atomic E-state index is 1.65. The molecule has 0 aromatic carbocycles. The van der Waals surface area contributed by atoms with Crippen molar-refractivity contribution in [3.8, 4) is 0 Å².